The Morgan fingerprint density at radius 2 is 2.00 bits per heavy atom. The van der Waals surface area contributed by atoms with Crippen molar-refractivity contribution >= 4 is 11.3 Å². The zero-order valence-electron chi connectivity index (χ0n) is 11.4. The van der Waals surface area contributed by atoms with Crippen LogP contribution in [0.15, 0.2) is 29.6 Å². The molecule has 0 aliphatic rings. The minimum Gasteiger partial charge on any atom is -0.497 e. The van der Waals surface area contributed by atoms with Gasteiger partial charge in [0, 0.05) is 21.9 Å². The lowest BCUT2D eigenvalue weighted by molar-refractivity contribution is 0.307. The van der Waals surface area contributed by atoms with Crippen molar-refractivity contribution in [3.8, 4) is 29.4 Å². The van der Waals surface area contributed by atoms with E-state index < -0.39 is 0 Å². The van der Waals surface area contributed by atoms with Crippen LogP contribution in [0.5, 0.6) is 11.5 Å². The van der Waals surface area contributed by atoms with Crippen molar-refractivity contribution in [1.29, 1.82) is 5.26 Å². The van der Waals surface area contributed by atoms with Gasteiger partial charge in [-0.2, -0.15) is 5.26 Å². The molecule has 0 radical (unpaired) electrons. The number of benzene rings is 1. The van der Waals surface area contributed by atoms with Crippen LogP contribution in [0.4, 0.5) is 0 Å². The molecular formula is C16H13NO3S. The van der Waals surface area contributed by atoms with E-state index in [1.54, 1.807) is 25.3 Å². The van der Waals surface area contributed by atoms with Crippen molar-refractivity contribution in [2.24, 2.45) is 0 Å². The van der Waals surface area contributed by atoms with Gasteiger partial charge in [-0.25, -0.2) is 0 Å². The highest BCUT2D eigenvalue weighted by atomic mass is 32.1. The molecule has 0 amide bonds. The first-order valence-electron chi connectivity index (χ1n) is 6.14. The fourth-order valence-electron chi connectivity index (χ4n) is 1.66. The van der Waals surface area contributed by atoms with Crippen LogP contribution in [0.25, 0.3) is 0 Å². The van der Waals surface area contributed by atoms with Gasteiger partial charge in [0.25, 0.3) is 0 Å². The SMILES string of the molecule is COc1cc(C#N)cc(OCc2cc(C#CCO)cs2)c1. The van der Waals surface area contributed by atoms with Crippen LogP contribution in [0.3, 0.4) is 0 Å². The van der Waals surface area contributed by atoms with Gasteiger partial charge >= 0.3 is 0 Å². The molecule has 106 valence electrons. The topological polar surface area (TPSA) is 62.5 Å². The standard InChI is InChI=1S/C16H13NO3S/c1-19-14-5-13(9-17)6-15(8-14)20-10-16-7-12(11-21-16)3-2-4-18/h5-8,11,18H,4,10H2,1H3. The predicted octanol–water partition coefficient (Wildman–Crippen LogP) is 2.55. The van der Waals surface area contributed by atoms with Crippen LogP contribution in [0, 0.1) is 23.2 Å². The second-order valence-corrected chi connectivity index (χ2v) is 5.06. The van der Waals surface area contributed by atoms with Gasteiger partial charge < -0.3 is 14.6 Å². The molecule has 0 bridgehead atoms. The molecule has 0 aliphatic carbocycles. The second-order valence-electron chi connectivity index (χ2n) is 4.06. The molecule has 5 heteroatoms. The molecule has 1 aromatic carbocycles. The van der Waals surface area contributed by atoms with Gasteiger partial charge in [0.15, 0.2) is 0 Å². The van der Waals surface area contributed by atoms with Gasteiger partial charge in [-0.05, 0) is 18.2 Å². The zero-order valence-corrected chi connectivity index (χ0v) is 12.2. The third-order valence-corrected chi connectivity index (χ3v) is 3.50. The molecule has 0 spiro atoms. The van der Waals surface area contributed by atoms with Gasteiger partial charge in [-0.3, -0.25) is 0 Å². The number of nitriles is 1. The fourth-order valence-corrected chi connectivity index (χ4v) is 2.38. The lowest BCUT2D eigenvalue weighted by Crippen LogP contribution is -1.94. The van der Waals surface area contributed by atoms with E-state index in [2.05, 4.69) is 17.9 Å². The Bertz CT molecular complexity index is 719. The Balaban J connectivity index is 2.06. The van der Waals surface area contributed by atoms with E-state index in [4.69, 9.17) is 19.8 Å². The van der Waals surface area contributed by atoms with Crippen LogP contribution < -0.4 is 9.47 Å². The Labute approximate surface area is 127 Å². The van der Waals surface area contributed by atoms with Crippen LogP contribution in [-0.2, 0) is 6.61 Å². The number of methoxy groups -OCH3 is 1. The van der Waals surface area contributed by atoms with Crippen molar-refractivity contribution in [2.45, 2.75) is 6.61 Å². The van der Waals surface area contributed by atoms with E-state index >= 15 is 0 Å². The quantitative estimate of drug-likeness (QED) is 0.881. The first-order chi connectivity index (χ1) is 10.2. The number of aliphatic hydroxyl groups excluding tert-OH is 1. The van der Waals surface area contributed by atoms with Gasteiger partial charge in [0.05, 0.1) is 18.7 Å². The molecule has 4 nitrogen and oxygen atoms in total. The minimum absolute atomic E-state index is 0.150. The molecule has 0 saturated heterocycles. The maximum absolute atomic E-state index is 8.96. The van der Waals surface area contributed by atoms with E-state index in [1.165, 1.54) is 11.3 Å². The molecule has 0 aliphatic heterocycles. The van der Waals surface area contributed by atoms with Crippen molar-refractivity contribution in [2.75, 3.05) is 13.7 Å². The highest BCUT2D eigenvalue weighted by molar-refractivity contribution is 7.10. The molecule has 0 atom stereocenters. The predicted molar refractivity (Wildman–Crippen MR) is 80.3 cm³/mol. The number of thiophene rings is 1. The fraction of sp³-hybridized carbons (Fsp3) is 0.188. The van der Waals surface area contributed by atoms with Gasteiger partial charge in [-0.15, -0.1) is 11.3 Å². The summed E-state index contributed by atoms with van der Waals surface area (Å²) in [7, 11) is 1.55. The molecule has 21 heavy (non-hydrogen) atoms. The number of hydrogen-bond donors (Lipinski definition) is 1. The molecule has 0 unspecified atom stereocenters. The van der Waals surface area contributed by atoms with Gasteiger partial charge in [0.2, 0.25) is 0 Å². The number of ether oxygens (including phenoxy) is 2. The summed E-state index contributed by atoms with van der Waals surface area (Å²) in [6.45, 7) is 0.242. The van der Waals surface area contributed by atoms with E-state index in [0.717, 1.165) is 10.4 Å². The Morgan fingerprint density at radius 3 is 2.71 bits per heavy atom. The third-order valence-electron chi connectivity index (χ3n) is 2.59. The van der Waals surface area contributed by atoms with E-state index in [0.29, 0.717) is 23.7 Å². The third kappa shape index (κ3) is 4.25. The average molecular weight is 299 g/mol. The van der Waals surface area contributed by atoms with E-state index in [-0.39, 0.29) is 6.61 Å². The molecule has 1 N–H and O–H groups in total. The summed E-state index contributed by atoms with van der Waals surface area (Å²) in [5.41, 5.74) is 1.35. The van der Waals surface area contributed by atoms with Crippen LogP contribution in [-0.4, -0.2) is 18.8 Å². The Kier molecular flexibility index (Phi) is 5.22. The van der Waals surface area contributed by atoms with E-state index in [9.17, 15) is 0 Å². The first-order valence-corrected chi connectivity index (χ1v) is 7.02. The number of rotatable bonds is 4. The summed E-state index contributed by atoms with van der Waals surface area (Å²) in [6.07, 6.45) is 0. The first kappa shape index (κ1) is 14.9. The highest BCUT2D eigenvalue weighted by Crippen LogP contribution is 2.24. The molecule has 2 aromatic rings. The Hall–Kier alpha value is -2.47. The van der Waals surface area contributed by atoms with E-state index in [1.807, 2.05) is 11.4 Å². The number of nitrogens with zero attached hydrogens (tertiary/aromatic N) is 1. The molecule has 1 aromatic heterocycles. The average Bonchev–Trinajstić information content (AvgIpc) is 2.98. The van der Waals surface area contributed by atoms with Crippen molar-refractivity contribution in [1.82, 2.24) is 0 Å². The summed E-state index contributed by atoms with van der Waals surface area (Å²) < 4.78 is 10.8. The van der Waals surface area contributed by atoms with Crippen LogP contribution in [0.2, 0.25) is 0 Å². The largest absolute Gasteiger partial charge is 0.497 e. The maximum atomic E-state index is 8.96. The van der Waals surface area contributed by atoms with Gasteiger partial charge in [-0.1, -0.05) is 11.8 Å². The maximum Gasteiger partial charge on any atom is 0.124 e. The monoisotopic (exact) mass is 299 g/mol. The molecule has 0 fully saturated rings. The lowest BCUT2D eigenvalue weighted by Gasteiger charge is -2.07. The second kappa shape index (κ2) is 7.35. The summed E-state index contributed by atoms with van der Waals surface area (Å²) in [4.78, 5) is 1.01. The lowest BCUT2D eigenvalue weighted by atomic mass is 10.2. The van der Waals surface area contributed by atoms with Crippen molar-refractivity contribution < 1.29 is 14.6 Å². The summed E-state index contributed by atoms with van der Waals surface area (Å²) >= 11 is 1.53. The molecule has 1 heterocycles. The molecule has 0 saturated carbocycles. The molecule has 2 rings (SSSR count). The number of hydrogen-bond acceptors (Lipinski definition) is 5. The smallest absolute Gasteiger partial charge is 0.124 e. The zero-order chi connectivity index (χ0) is 15.1. The van der Waals surface area contributed by atoms with Gasteiger partial charge in [0.1, 0.15) is 24.7 Å². The molecular weight excluding hydrogens is 286 g/mol. The minimum atomic E-state index is -0.150. The number of aliphatic hydroxyl groups is 1. The summed E-state index contributed by atoms with van der Waals surface area (Å²) in [5, 5.41) is 19.5. The van der Waals surface area contributed by atoms with Crippen molar-refractivity contribution in [3.63, 3.8) is 0 Å². The Morgan fingerprint density at radius 1 is 1.19 bits per heavy atom. The van der Waals surface area contributed by atoms with Crippen LogP contribution in [0.1, 0.15) is 16.0 Å². The highest BCUT2D eigenvalue weighted by Gasteiger charge is 2.04. The summed E-state index contributed by atoms with van der Waals surface area (Å²) in [5.74, 6) is 6.62. The summed E-state index contributed by atoms with van der Waals surface area (Å²) in [6, 6.07) is 9.04. The van der Waals surface area contributed by atoms with Crippen LogP contribution >= 0.6 is 11.3 Å². The van der Waals surface area contributed by atoms with Crippen molar-refractivity contribution in [3.05, 3.63) is 45.6 Å². The normalized spacial score (nSPS) is 9.38.